The standard InChI is InChI=1S/C17H22FN3O2/c1-11(2)10-20(3)17(23)19-14-9-15(22)21(4)16(14)12-5-7-13(18)8-6-12/h5-8,14,16H,1,9-10H2,2-4H3,(H,19,23)/t14-,16-/m1/s1. The molecule has 0 spiro atoms. The molecule has 0 radical (unpaired) electrons. The highest BCUT2D eigenvalue weighted by atomic mass is 19.1. The number of likely N-dealkylation sites (N-methyl/N-ethyl adjacent to an activating group) is 2. The minimum atomic E-state index is -0.349. The predicted octanol–water partition coefficient (Wildman–Crippen LogP) is 2.32. The first-order valence-corrected chi connectivity index (χ1v) is 7.46. The fourth-order valence-corrected chi connectivity index (χ4v) is 2.86. The second-order valence-electron chi connectivity index (χ2n) is 6.07. The van der Waals surface area contributed by atoms with Crippen LogP contribution in [0, 0.1) is 5.82 Å². The van der Waals surface area contributed by atoms with Gasteiger partial charge in [-0.25, -0.2) is 9.18 Å². The molecule has 6 heteroatoms. The van der Waals surface area contributed by atoms with Crippen molar-refractivity contribution in [2.45, 2.75) is 25.4 Å². The molecule has 23 heavy (non-hydrogen) atoms. The van der Waals surface area contributed by atoms with E-state index in [1.165, 1.54) is 17.0 Å². The lowest BCUT2D eigenvalue weighted by Gasteiger charge is -2.28. The summed E-state index contributed by atoms with van der Waals surface area (Å²) in [5.74, 6) is -0.380. The summed E-state index contributed by atoms with van der Waals surface area (Å²) in [5, 5.41) is 2.90. The van der Waals surface area contributed by atoms with Crippen molar-refractivity contribution in [2.75, 3.05) is 20.6 Å². The van der Waals surface area contributed by atoms with Gasteiger partial charge >= 0.3 is 6.03 Å². The van der Waals surface area contributed by atoms with Crippen LogP contribution in [-0.2, 0) is 4.79 Å². The molecule has 5 nitrogen and oxygen atoms in total. The molecule has 0 saturated carbocycles. The monoisotopic (exact) mass is 319 g/mol. The number of carbonyl (C=O) groups is 2. The number of amides is 3. The molecular formula is C17H22FN3O2. The van der Waals surface area contributed by atoms with Crippen LogP contribution < -0.4 is 5.32 Å². The van der Waals surface area contributed by atoms with Gasteiger partial charge in [-0.1, -0.05) is 24.3 Å². The molecule has 124 valence electrons. The number of nitrogens with one attached hydrogen (secondary N) is 1. The van der Waals surface area contributed by atoms with Crippen LogP contribution in [0.25, 0.3) is 0 Å². The summed E-state index contributed by atoms with van der Waals surface area (Å²) in [6.07, 6.45) is 0.227. The van der Waals surface area contributed by atoms with E-state index in [4.69, 9.17) is 0 Å². The fourth-order valence-electron chi connectivity index (χ4n) is 2.86. The van der Waals surface area contributed by atoms with E-state index in [0.717, 1.165) is 11.1 Å². The van der Waals surface area contributed by atoms with Gasteiger partial charge in [0.05, 0.1) is 12.1 Å². The zero-order valence-electron chi connectivity index (χ0n) is 13.7. The number of urea groups is 1. The fraction of sp³-hybridized carbons (Fsp3) is 0.412. The van der Waals surface area contributed by atoms with Crippen LogP contribution in [0.5, 0.6) is 0 Å². The molecule has 1 heterocycles. The molecule has 2 atom stereocenters. The van der Waals surface area contributed by atoms with E-state index in [2.05, 4.69) is 11.9 Å². The van der Waals surface area contributed by atoms with Crippen molar-refractivity contribution in [3.63, 3.8) is 0 Å². The Hall–Kier alpha value is -2.37. The SMILES string of the molecule is C=C(C)CN(C)C(=O)N[C@@H]1CC(=O)N(C)[C@@H]1c1ccc(F)cc1. The summed E-state index contributed by atoms with van der Waals surface area (Å²) in [6, 6.07) is 5.10. The number of halogens is 1. The van der Waals surface area contributed by atoms with Crippen molar-refractivity contribution >= 4 is 11.9 Å². The zero-order chi connectivity index (χ0) is 17.1. The Morgan fingerprint density at radius 1 is 1.43 bits per heavy atom. The molecule has 0 unspecified atom stereocenters. The Morgan fingerprint density at radius 3 is 2.61 bits per heavy atom. The van der Waals surface area contributed by atoms with Crippen LogP contribution in [0.15, 0.2) is 36.4 Å². The van der Waals surface area contributed by atoms with Gasteiger partial charge in [0.25, 0.3) is 0 Å². The summed E-state index contributed by atoms with van der Waals surface area (Å²) in [7, 11) is 3.37. The molecule has 2 rings (SSSR count). The van der Waals surface area contributed by atoms with Gasteiger partial charge in [0, 0.05) is 27.1 Å². The number of rotatable bonds is 4. The Balaban J connectivity index is 2.15. The molecule has 0 aromatic heterocycles. The largest absolute Gasteiger partial charge is 0.337 e. The lowest BCUT2D eigenvalue weighted by molar-refractivity contribution is -0.127. The van der Waals surface area contributed by atoms with Gasteiger partial charge in [0.15, 0.2) is 0 Å². The van der Waals surface area contributed by atoms with Crippen molar-refractivity contribution in [2.24, 2.45) is 0 Å². The molecule has 0 aliphatic carbocycles. The van der Waals surface area contributed by atoms with E-state index in [0.29, 0.717) is 6.54 Å². The van der Waals surface area contributed by atoms with Crippen LogP contribution in [0.2, 0.25) is 0 Å². The molecule has 1 aromatic rings. The average Bonchev–Trinajstić information content (AvgIpc) is 2.74. The summed E-state index contributed by atoms with van der Waals surface area (Å²) < 4.78 is 13.1. The van der Waals surface area contributed by atoms with Crippen molar-refractivity contribution in [3.05, 3.63) is 47.8 Å². The van der Waals surface area contributed by atoms with Crippen LogP contribution in [0.3, 0.4) is 0 Å². The van der Waals surface area contributed by atoms with Crippen molar-refractivity contribution in [3.8, 4) is 0 Å². The van der Waals surface area contributed by atoms with Crippen LogP contribution >= 0.6 is 0 Å². The Bertz CT molecular complexity index is 615. The minimum absolute atomic E-state index is 0.0489. The minimum Gasteiger partial charge on any atom is -0.337 e. The summed E-state index contributed by atoms with van der Waals surface area (Å²) in [6.45, 7) is 6.08. The Kier molecular flexibility index (Phi) is 5.03. The second-order valence-corrected chi connectivity index (χ2v) is 6.07. The zero-order valence-corrected chi connectivity index (χ0v) is 13.7. The highest BCUT2D eigenvalue weighted by Gasteiger charge is 2.39. The van der Waals surface area contributed by atoms with Gasteiger partial charge in [-0.2, -0.15) is 0 Å². The second kappa shape index (κ2) is 6.81. The molecule has 1 aromatic carbocycles. The smallest absolute Gasteiger partial charge is 0.317 e. The molecule has 1 aliphatic rings. The van der Waals surface area contributed by atoms with E-state index in [1.54, 1.807) is 31.1 Å². The lowest BCUT2D eigenvalue weighted by atomic mass is 10.0. The van der Waals surface area contributed by atoms with Gasteiger partial charge in [-0.05, 0) is 24.6 Å². The molecule has 3 amide bonds. The third kappa shape index (κ3) is 3.88. The van der Waals surface area contributed by atoms with Crippen molar-refractivity contribution in [1.29, 1.82) is 0 Å². The molecule has 1 N–H and O–H groups in total. The molecule has 1 aliphatic heterocycles. The topological polar surface area (TPSA) is 52.7 Å². The Labute approximate surface area is 135 Å². The van der Waals surface area contributed by atoms with Gasteiger partial charge in [0.1, 0.15) is 5.82 Å². The summed E-state index contributed by atoms with van der Waals surface area (Å²) in [5.41, 5.74) is 1.67. The third-order valence-electron chi connectivity index (χ3n) is 3.96. The summed E-state index contributed by atoms with van der Waals surface area (Å²) in [4.78, 5) is 27.4. The maximum Gasteiger partial charge on any atom is 0.317 e. The van der Waals surface area contributed by atoms with E-state index in [-0.39, 0.29) is 36.3 Å². The number of likely N-dealkylation sites (tertiary alicyclic amines) is 1. The highest BCUT2D eigenvalue weighted by Crippen LogP contribution is 2.32. The number of hydrogen-bond acceptors (Lipinski definition) is 2. The number of carbonyl (C=O) groups excluding carboxylic acids is 2. The first-order chi connectivity index (χ1) is 10.8. The van der Waals surface area contributed by atoms with Crippen LogP contribution in [-0.4, -0.2) is 48.4 Å². The van der Waals surface area contributed by atoms with Gasteiger partial charge < -0.3 is 15.1 Å². The van der Waals surface area contributed by atoms with Crippen molar-refractivity contribution < 1.29 is 14.0 Å². The quantitative estimate of drug-likeness (QED) is 0.866. The first kappa shape index (κ1) is 17.0. The average molecular weight is 319 g/mol. The maximum absolute atomic E-state index is 13.1. The molecule has 1 saturated heterocycles. The van der Waals surface area contributed by atoms with Crippen LogP contribution in [0.4, 0.5) is 9.18 Å². The molecule has 1 fully saturated rings. The predicted molar refractivity (Wildman–Crippen MR) is 86.3 cm³/mol. The molecule has 0 bridgehead atoms. The lowest BCUT2D eigenvalue weighted by Crippen LogP contribution is -2.45. The molecular weight excluding hydrogens is 297 g/mol. The number of hydrogen-bond donors (Lipinski definition) is 1. The van der Waals surface area contributed by atoms with E-state index in [9.17, 15) is 14.0 Å². The number of benzene rings is 1. The van der Waals surface area contributed by atoms with E-state index in [1.807, 2.05) is 6.92 Å². The highest BCUT2D eigenvalue weighted by molar-refractivity contribution is 5.82. The number of nitrogens with zero attached hydrogens (tertiary/aromatic N) is 2. The van der Waals surface area contributed by atoms with Gasteiger partial charge in [-0.15, -0.1) is 0 Å². The van der Waals surface area contributed by atoms with E-state index < -0.39 is 0 Å². The maximum atomic E-state index is 13.1. The van der Waals surface area contributed by atoms with Crippen LogP contribution in [0.1, 0.15) is 24.9 Å². The first-order valence-electron chi connectivity index (χ1n) is 7.46. The van der Waals surface area contributed by atoms with Crippen molar-refractivity contribution in [1.82, 2.24) is 15.1 Å². The van der Waals surface area contributed by atoms with Gasteiger partial charge in [0.2, 0.25) is 5.91 Å². The third-order valence-corrected chi connectivity index (χ3v) is 3.96. The Morgan fingerprint density at radius 2 is 2.04 bits per heavy atom. The normalized spacial score (nSPS) is 20.5. The van der Waals surface area contributed by atoms with Gasteiger partial charge in [-0.3, -0.25) is 4.79 Å². The van der Waals surface area contributed by atoms with E-state index >= 15 is 0 Å². The summed E-state index contributed by atoms with van der Waals surface area (Å²) >= 11 is 0.